The summed E-state index contributed by atoms with van der Waals surface area (Å²) >= 11 is 0. The third kappa shape index (κ3) is 2.09. The van der Waals surface area contributed by atoms with Crippen molar-refractivity contribution in [3.05, 3.63) is 23.8 Å². The molecule has 1 aromatic carbocycles. The van der Waals surface area contributed by atoms with Gasteiger partial charge >= 0.3 is 0 Å². The summed E-state index contributed by atoms with van der Waals surface area (Å²) in [5.74, 6) is 0.578. The van der Waals surface area contributed by atoms with Gasteiger partial charge in [-0.2, -0.15) is 5.26 Å². The Hall–Kier alpha value is -2.02. The number of anilines is 1. The van der Waals surface area contributed by atoms with Crippen LogP contribution in [0.5, 0.6) is 5.75 Å². The summed E-state index contributed by atoms with van der Waals surface area (Å²) in [5, 5.41) is 11.7. The lowest BCUT2D eigenvalue weighted by molar-refractivity contribution is -0.119. The van der Waals surface area contributed by atoms with Gasteiger partial charge in [-0.15, -0.1) is 0 Å². The Morgan fingerprint density at radius 3 is 2.71 bits per heavy atom. The van der Waals surface area contributed by atoms with E-state index >= 15 is 0 Å². The van der Waals surface area contributed by atoms with Crippen molar-refractivity contribution in [3.63, 3.8) is 0 Å². The molecule has 1 saturated carbocycles. The van der Waals surface area contributed by atoms with Crippen molar-refractivity contribution >= 4 is 11.6 Å². The minimum absolute atomic E-state index is 0.204. The second-order valence-electron chi connectivity index (χ2n) is 4.33. The predicted octanol–water partition coefficient (Wildman–Crippen LogP) is 2.25. The van der Waals surface area contributed by atoms with Gasteiger partial charge in [0.1, 0.15) is 11.2 Å². The average Bonchev–Trinajstić information content (AvgIpc) is 3.10. The summed E-state index contributed by atoms with van der Waals surface area (Å²) in [5.41, 5.74) is 0.871. The molecule has 17 heavy (non-hydrogen) atoms. The molecule has 88 valence electrons. The number of ether oxygens (including phenoxy) is 1. The molecule has 0 spiro atoms. The molecule has 1 aliphatic carbocycles. The first-order valence-corrected chi connectivity index (χ1v) is 5.49. The maximum atomic E-state index is 11.8. The second kappa shape index (κ2) is 4.10. The molecule has 4 nitrogen and oxygen atoms in total. The Morgan fingerprint density at radius 1 is 1.53 bits per heavy atom. The lowest BCUT2D eigenvalue weighted by Gasteiger charge is -2.10. The van der Waals surface area contributed by atoms with Crippen LogP contribution >= 0.6 is 0 Å². The number of nitriles is 1. The van der Waals surface area contributed by atoms with E-state index in [0.29, 0.717) is 18.5 Å². The van der Waals surface area contributed by atoms with Gasteiger partial charge in [-0.05, 0) is 43.5 Å². The third-order valence-electron chi connectivity index (χ3n) is 3.05. The van der Waals surface area contributed by atoms with E-state index in [1.54, 1.807) is 19.2 Å². The molecule has 0 aliphatic heterocycles. The van der Waals surface area contributed by atoms with Gasteiger partial charge in [0.2, 0.25) is 5.91 Å². The van der Waals surface area contributed by atoms with Gasteiger partial charge in [0.05, 0.1) is 13.2 Å². The van der Waals surface area contributed by atoms with Crippen molar-refractivity contribution in [2.45, 2.75) is 19.8 Å². The molecule has 1 N–H and O–H groups in total. The Kier molecular flexibility index (Phi) is 2.76. The Bertz CT molecular complexity index is 499. The summed E-state index contributed by atoms with van der Waals surface area (Å²) < 4.78 is 5.14. The number of carbonyl (C=O) groups is 1. The van der Waals surface area contributed by atoms with E-state index in [2.05, 4.69) is 11.4 Å². The van der Waals surface area contributed by atoms with E-state index in [9.17, 15) is 4.79 Å². The number of aryl methyl sites for hydroxylation is 1. The predicted molar refractivity (Wildman–Crippen MR) is 63.6 cm³/mol. The zero-order valence-electron chi connectivity index (χ0n) is 9.91. The van der Waals surface area contributed by atoms with Crippen molar-refractivity contribution in [1.82, 2.24) is 0 Å². The van der Waals surface area contributed by atoms with Crippen molar-refractivity contribution in [2.24, 2.45) is 5.41 Å². The number of methoxy groups -OCH3 is 1. The Balaban J connectivity index is 2.12. The van der Waals surface area contributed by atoms with E-state index in [4.69, 9.17) is 10.00 Å². The number of hydrogen-bond acceptors (Lipinski definition) is 3. The molecular formula is C13H14N2O2. The maximum Gasteiger partial charge on any atom is 0.244 e. The Morgan fingerprint density at radius 2 is 2.24 bits per heavy atom. The molecule has 1 aromatic rings. The topological polar surface area (TPSA) is 62.1 Å². The zero-order chi connectivity index (χ0) is 12.5. The lowest BCUT2D eigenvalue weighted by atomic mass is 10.1. The van der Waals surface area contributed by atoms with Gasteiger partial charge in [0.15, 0.2) is 0 Å². The number of carbonyl (C=O) groups excluding carboxylic acids is 1. The highest BCUT2D eigenvalue weighted by atomic mass is 16.5. The summed E-state index contributed by atoms with van der Waals surface area (Å²) in [6.45, 7) is 1.91. The van der Waals surface area contributed by atoms with Crippen LogP contribution < -0.4 is 10.1 Å². The smallest absolute Gasteiger partial charge is 0.244 e. The first kappa shape index (κ1) is 11.5. The van der Waals surface area contributed by atoms with Gasteiger partial charge in [0.25, 0.3) is 0 Å². The van der Waals surface area contributed by atoms with Gasteiger partial charge in [-0.1, -0.05) is 0 Å². The molecule has 0 unspecified atom stereocenters. The number of rotatable bonds is 3. The van der Waals surface area contributed by atoms with Crippen molar-refractivity contribution < 1.29 is 9.53 Å². The standard InChI is InChI=1S/C13H14N2O2/c1-9-7-10(3-4-11(9)17-2)15-12(16)13(8-14)5-6-13/h3-4,7H,5-6H2,1-2H3,(H,15,16). The molecule has 0 aromatic heterocycles. The largest absolute Gasteiger partial charge is 0.496 e. The van der Waals surface area contributed by atoms with E-state index in [1.807, 2.05) is 13.0 Å². The molecule has 0 radical (unpaired) electrons. The molecule has 1 fully saturated rings. The van der Waals surface area contributed by atoms with E-state index in [1.165, 1.54) is 0 Å². The van der Waals surface area contributed by atoms with Crippen LogP contribution in [0, 0.1) is 23.7 Å². The number of nitrogens with one attached hydrogen (secondary N) is 1. The molecule has 1 amide bonds. The average molecular weight is 230 g/mol. The Labute approximate surface area is 100 Å². The number of nitrogens with zero attached hydrogens (tertiary/aromatic N) is 1. The van der Waals surface area contributed by atoms with Gasteiger partial charge in [-0.25, -0.2) is 0 Å². The quantitative estimate of drug-likeness (QED) is 0.866. The molecule has 0 saturated heterocycles. The summed E-state index contributed by atoms with van der Waals surface area (Å²) in [6, 6.07) is 7.49. The molecule has 0 heterocycles. The zero-order valence-corrected chi connectivity index (χ0v) is 9.91. The van der Waals surface area contributed by atoms with E-state index < -0.39 is 5.41 Å². The molecule has 0 atom stereocenters. The molecule has 0 bridgehead atoms. The van der Waals surface area contributed by atoms with E-state index in [0.717, 1.165) is 11.3 Å². The van der Waals surface area contributed by atoms with Crippen LogP contribution in [0.15, 0.2) is 18.2 Å². The minimum Gasteiger partial charge on any atom is -0.496 e. The van der Waals surface area contributed by atoms with Gasteiger partial charge < -0.3 is 10.1 Å². The minimum atomic E-state index is -0.784. The maximum absolute atomic E-state index is 11.8. The van der Waals surface area contributed by atoms with Crippen LogP contribution in [0.4, 0.5) is 5.69 Å². The van der Waals surface area contributed by atoms with Gasteiger partial charge in [-0.3, -0.25) is 4.79 Å². The van der Waals surface area contributed by atoms with E-state index in [-0.39, 0.29) is 5.91 Å². The van der Waals surface area contributed by atoms with Crippen LogP contribution in [-0.4, -0.2) is 13.0 Å². The summed E-state index contributed by atoms with van der Waals surface area (Å²) in [6.07, 6.45) is 1.31. The number of hydrogen-bond donors (Lipinski definition) is 1. The van der Waals surface area contributed by atoms with Crippen molar-refractivity contribution in [2.75, 3.05) is 12.4 Å². The highest BCUT2D eigenvalue weighted by Crippen LogP contribution is 2.45. The summed E-state index contributed by atoms with van der Waals surface area (Å²) in [7, 11) is 1.61. The van der Waals surface area contributed by atoms with Crippen LogP contribution in [-0.2, 0) is 4.79 Å². The summed E-state index contributed by atoms with van der Waals surface area (Å²) in [4.78, 5) is 11.8. The monoisotopic (exact) mass is 230 g/mol. The van der Waals surface area contributed by atoms with Gasteiger partial charge in [0, 0.05) is 5.69 Å². The lowest BCUT2D eigenvalue weighted by Crippen LogP contribution is -2.22. The molecule has 4 heteroatoms. The third-order valence-corrected chi connectivity index (χ3v) is 3.05. The SMILES string of the molecule is COc1ccc(NC(=O)C2(C#N)CC2)cc1C. The first-order valence-electron chi connectivity index (χ1n) is 5.49. The highest BCUT2D eigenvalue weighted by Gasteiger charge is 2.50. The highest BCUT2D eigenvalue weighted by molar-refractivity contribution is 5.99. The molecular weight excluding hydrogens is 216 g/mol. The number of benzene rings is 1. The van der Waals surface area contributed by atoms with Crippen LogP contribution in [0.3, 0.4) is 0 Å². The fourth-order valence-electron chi connectivity index (χ4n) is 1.72. The fraction of sp³-hybridized carbons (Fsp3) is 0.385. The molecule has 2 rings (SSSR count). The number of amides is 1. The normalized spacial score (nSPS) is 15.8. The van der Waals surface area contributed by atoms with Crippen molar-refractivity contribution in [1.29, 1.82) is 5.26 Å². The van der Waals surface area contributed by atoms with Crippen LogP contribution in [0.2, 0.25) is 0 Å². The fourth-order valence-corrected chi connectivity index (χ4v) is 1.72. The van der Waals surface area contributed by atoms with Crippen LogP contribution in [0.1, 0.15) is 18.4 Å². The first-order chi connectivity index (χ1) is 8.11. The molecule has 1 aliphatic rings. The van der Waals surface area contributed by atoms with Crippen LogP contribution in [0.25, 0.3) is 0 Å². The second-order valence-corrected chi connectivity index (χ2v) is 4.33. The van der Waals surface area contributed by atoms with Crippen molar-refractivity contribution in [3.8, 4) is 11.8 Å².